The number of amides is 2. The fourth-order valence-electron chi connectivity index (χ4n) is 4.07. The Morgan fingerprint density at radius 1 is 1.14 bits per heavy atom. The highest BCUT2D eigenvalue weighted by Gasteiger charge is 2.33. The Bertz CT molecular complexity index is 1250. The van der Waals surface area contributed by atoms with Gasteiger partial charge < -0.3 is 19.4 Å². The molecule has 0 aliphatic carbocycles. The van der Waals surface area contributed by atoms with Gasteiger partial charge in [-0.1, -0.05) is 6.07 Å². The van der Waals surface area contributed by atoms with Crippen molar-refractivity contribution in [2.45, 2.75) is 51.8 Å². The van der Waals surface area contributed by atoms with Crippen LogP contribution in [0.2, 0.25) is 0 Å². The summed E-state index contributed by atoms with van der Waals surface area (Å²) in [7, 11) is 0. The van der Waals surface area contributed by atoms with Gasteiger partial charge in [0.2, 0.25) is 5.91 Å². The number of anilines is 1. The van der Waals surface area contributed by atoms with Crippen molar-refractivity contribution in [1.29, 1.82) is 0 Å². The highest BCUT2D eigenvalue weighted by Crippen LogP contribution is 2.32. The lowest BCUT2D eigenvalue weighted by Crippen LogP contribution is -2.36. The number of pyridine rings is 2. The van der Waals surface area contributed by atoms with Crippen molar-refractivity contribution in [2.75, 3.05) is 18.4 Å². The van der Waals surface area contributed by atoms with E-state index in [0.717, 1.165) is 30.7 Å². The van der Waals surface area contributed by atoms with E-state index in [1.54, 1.807) is 23.6 Å². The number of nitrogens with one attached hydrogen (secondary N) is 1. The summed E-state index contributed by atoms with van der Waals surface area (Å²) in [5.74, 6) is -0.200. The molecule has 8 nitrogen and oxygen atoms in total. The highest BCUT2D eigenvalue weighted by molar-refractivity contribution is 6.03. The first-order chi connectivity index (χ1) is 16.5. The fraction of sp³-hybridized carbons (Fsp3) is 0.417. The first-order valence-corrected chi connectivity index (χ1v) is 11.3. The SMILES string of the molecule is CC(=O)N1CCC(c2cn3cc(NC(=O)c4cccc(C(F)(F)F)n4)c(OC(C)C)cc3n2)CC1. The van der Waals surface area contributed by atoms with E-state index in [4.69, 9.17) is 9.72 Å². The van der Waals surface area contributed by atoms with E-state index in [1.165, 1.54) is 6.07 Å². The van der Waals surface area contributed by atoms with Crippen molar-refractivity contribution in [3.05, 3.63) is 53.7 Å². The van der Waals surface area contributed by atoms with E-state index in [1.807, 2.05) is 24.9 Å². The zero-order chi connectivity index (χ0) is 25.3. The monoisotopic (exact) mass is 489 g/mol. The lowest BCUT2D eigenvalue weighted by atomic mass is 9.94. The van der Waals surface area contributed by atoms with E-state index in [-0.39, 0.29) is 29.3 Å². The number of piperidine rings is 1. The van der Waals surface area contributed by atoms with Gasteiger partial charge in [0.05, 0.1) is 11.8 Å². The maximum absolute atomic E-state index is 13.0. The maximum atomic E-state index is 13.0. The standard InChI is InChI=1S/C24H26F3N5O3/c1-14(2)35-20-11-22-29-18(16-7-9-31(10-8-16)15(3)33)12-32(22)13-19(20)30-23(34)17-5-4-6-21(28-17)24(25,26)27/h4-6,11-14,16H,7-10H2,1-3H3,(H,30,34). The van der Waals surface area contributed by atoms with Crippen LogP contribution in [0.1, 0.15) is 61.4 Å². The maximum Gasteiger partial charge on any atom is 0.433 e. The minimum Gasteiger partial charge on any atom is -0.489 e. The van der Waals surface area contributed by atoms with E-state index in [2.05, 4.69) is 10.3 Å². The molecule has 0 radical (unpaired) electrons. The molecule has 0 bridgehead atoms. The molecule has 3 aromatic rings. The zero-order valence-electron chi connectivity index (χ0n) is 19.6. The van der Waals surface area contributed by atoms with Crippen LogP contribution in [-0.2, 0) is 11.0 Å². The number of carbonyl (C=O) groups excluding carboxylic acids is 2. The number of rotatable bonds is 5. The lowest BCUT2D eigenvalue weighted by Gasteiger charge is -2.30. The average molecular weight is 489 g/mol. The van der Waals surface area contributed by atoms with Crippen molar-refractivity contribution in [1.82, 2.24) is 19.3 Å². The number of fused-ring (bicyclic) bond motifs is 1. The molecule has 1 aliphatic heterocycles. The molecular formula is C24H26F3N5O3. The second kappa shape index (κ2) is 9.55. The normalized spacial score (nSPS) is 15.0. The molecule has 0 atom stereocenters. The molecule has 11 heteroatoms. The van der Waals surface area contributed by atoms with Crippen molar-refractivity contribution in [3.8, 4) is 5.75 Å². The van der Waals surface area contributed by atoms with Gasteiger partial charge in [-0.05, 0) is 38.8 Å². The Balaban J connectivity index is 1.61. The van der Waals surface area contributed by atoms with E-state index in [0.29, 0.717) is 24.5 Å². The summed E-state index contributed by atoms with van der Waals surface area (Å²) in [6, 6.07) is 4.85. The van der Waals surface area contributed by atoms with Gasteiger partial charge in [-0.3, -0.25) is 9.59 Å². The van der Waals surface area contributed by atoms with Crippen molar-refractivity contribution < 1.29 is 27.5 Å². The highest BCUT2D eigenvalue weighted by atomic mass is 19.4. The van der Waals surface area contributed by atoms with Gasteiger partial charge in [-0.2, -0.15) is 13.2 Å². The fourth-order valence-corrected chi connectivity index (χ4v) is 4.07. The van der Waals surface area contributed by atoms with Gasteiger partial charge in [0, 0.05) is 44.4 Å². The third-order valence-corrected chi connectivity index (χ3v) is 5.81. The molecule has 4 heterocycles. The summed E-state index contributed by atoms with van der Waals surface area (Å²) < 4.78 is 46.6. The number of nitrogens with zero attached hydrogens (tertiary/aromatic N) is 4. The first kappa shape index (κ1) is 24.5. The molecule has 0 aromatic carbocycles. The van der Waals surface area contributed by atoms with Gasteiger partial charge in [-0.15, -0.1) is 0 Å². The van der Waals surface area contributed by atoms with Gasteiger partial charge in [-0.25, -0.2) is 9.97 Å². The van der Waals surface area contributed by atoms with Crippen LogP contribution in [0.3, 0.4) is 0 Å². The molecule has 4 rings (SSSR count). The summed E-state index contributed by atoms with van der Waals surface area (Å²) in [4.78, 5) is 34.3. The Labute approximate surface area is 200 Å². The van der Waals surface area contributed by atoms with Crippen LogP contribution in [0.4, 0.5) is 18.9 Å². The minimum atomic E-state index is -4.66. The predicted molar refractivity (Wildman–Crippen MR) is 122 cm³/mol. The molecule has 3 aromatic heterocycles. The second-order valence-electron chi connectivity index (χ2n) is 8.79. The summed E-state index contributed by atoms with van der Waals surface area (Å²) in [6.45, 7) is 6.54. The molecule has 35 heavy (non-hydrogen) atoms. The van der Waals surface area contributed by atoms with Crippen LogP contribution < -0.4 is 10.1 Å². The Kier molecular flexibility index (Phi) is 6.68. The minimum absolute atomic E-state index is 0.0598. The molecule has 1 N–H and O–H groups in total. The molecule has 1 fully saturated rings. The van der Waals surface area contributed by atoms with Crippen LogP contribution in [0.25, 0.3) is 5.65 Å². The molecule has 186 valence electrons. The number of halogens is 3. The number of likely N-dealkylation sites (tertiary alicyclic amines) is 1. The number of hydrogen-bond acceptors (Lipinski definition) is 5. The molecule has 1 saturated heterocycles. The Morgan fingerprint density at radius 2 is 1.86 bits per heavy atom. The molecule has 0 unspecified atom stereocenters. The Hall–Kier alpha value is -3.63. The van der Waals surface area contributed by atoms with Gasteiger partial charge in [0.15, 0.2) is 0 Å². The number of ether oxygens (including phenoxy) is 1. The molecule has 0 spiro atoms. The summed E-state index contributed by atoms with van der Waals surface area (Å²) in [5, 5.41) is 2.62. The number of carbonyl (C=O) groups is 2. The van der Waals surface area contributed by atoms with Crippen LogP contribution >= 0.6 is 0 Å². The summed E-state index contributed by atoms with van der Waals surface area (Å²) in [5.41, 5.74) is 0.255. The quantitative estimate of drug-likeness (QED) is 0.570. The van der Waals surface area contributed by atoms with E-state index in [9.17, 15) is 22.8 Å². The topological polar surface area (TPSA) is 88.8 Å². The van der Waals surface area contributed by atoms with Gasteiger partial charge >= 0.3 is 6.18 Å². The predicted octanol–water partition coefficient (Wildman–Crippen LogP) is 4.51. The Morgan fingerprint density at radius 3 is 2.49 bits per heavy atom. The summed E-state index contributed by atoms with van der Waals surface area (Å²) in [6.07, 6.45) is 0.202. The smallest absolute Gasteiger partial charge is 0.433 e. The van der Waals surface area contributed by atoms with E-state index < -0.39 is 17.8 Å². The van der Waals surface area contributed by atoms with Crippen LogP contribution in [0.15, 0.2) is 36.7 Å². The molecule has 1 aliphatic rings. The van der Waals surface area contributed by atoms with Gasteiger partial charge in [0.1, 0.15) is 28.5 Å². The number of hydrogen-bond donors (Lipinski definition) is 1. The van der Waals surface area contributed by atoms with Crippen LogP contribution in [0, 0.1) is 0 Å². The average Bonchev–Trinajstić information content (AvgIpc) is 3.21. The molecule has 2 amide bonds. The van der Waals surface area contributed by atoms with E-state index >= 15 is 0 Å². The number of imidazole rings is 1. The number of aromatic nitrogens is 3. The van der Waals surface area contributed by atoms with Crippen molar-refractivity contribution >= 4 is 23.1 Å². The third-order valence-electron chi connectivity index (χ3n) is 5.81. The zero-order valence-corrected chi connectivity index (χ0v) is 19.6. The largest absolute Gasteiger partial charge is 0.489 e. The number of alkyl halides is 3. The van der Waals surface area contributed by atoms with Crippen molar-refractivity contribution in [2.24, 2.45) is 0 Å². The molecular weight excluding hydrogens is 463 g/mol. The lowest BCUT2D eigenvalue weighted by molar-refractivity contribution is -0.141. The van der Waals surface area contributed by atoms with Crippen LogP contribution in [-0.4, -0.2) is 50.3 Å². The molecule has 0 saturated carbocycles. The van der Waals surface area contributed by atoms with Crippen molar-refractivity contribution in [3.63, 3.8) is 0 Å². The second-order valence-corrected chi connectivity index (χ2v) is 8.79. The first-order valence-electron chi connectivity index (χ1n) is 11.3. The third kappa shape index (κ3) is 5.55. The van der Waals surface area contributed by atoms with Gasteiger partial charge in [0.25, 0.3) is 5.91 Å². The van der Waals surface area contributed by atoms with Crippen LogP contribution in [0.5, 0.6) is 5.75 Å². The summed E-state index contributed by atoms with van der Waals surface area (Å²) >= 11 is 0.